The van der Waals surface area contributed by atoms with E-state index in [1.165, 1.54) is 0 Å². The summed E-state index contributed by atoms with van der Waals surface area (Å²) in [5, 5.41) is 0.568. The minimum absolute atomic E-state index is 0.248. The summed E-state index contributed by atoms with van der Waals surface area (Å²) in [6.45, 7) is -1.30. The third-order valence-electron chi connectivity index (χ3n) is 2.47. The number of halogens is 4. The molecule has 1 aliphatic heterocycles. The SMILES string of the molecule is FC(F)(F)CONC1CCSc2ccc(Cl)cc21. The van der Waals surface area contributed by atoms with Crippen molar-refractivity contribution in [1.82, 2.24) is 5.48 Å². The van der Waals surface area contributed by atoms with Crippen LogP contribution in [0.5, 0.6) is 0 Å². The molecule has 0 aromatic heterocycles. The predicted molar refractivity (Wildman–Crippen MR) is 64.7 cm³/mol. The number of benzene rings is 1. The Hall–Kier alpha value is -0.430. The summed E-state index contributed by atoms with van der Waals surface area (Å²) >= 11 is 7.55. The first-order valence-corrected chi connectivity index (χ1v) is 6.68. The summed E-state index contributed by atoms with van der Waals surface area (Å²) in [5.74, 6) is 0.835. The predicted octanol–water partition coefficient (Wildman–Crippen LogP) is 3.96. The van der Waals surface area contributed by atoms with Crippen molar-refractivity contribution >= 4 is 23.4 Å². The largest absolute Gasteiger partial charge is 0.413 e. The van der Waals surface area contributed by atoms with E-state index in [1.807, 2.05) is 6.07 Å². The summed E-state index contributed by atoms with van der Waals surface area (Å²) < 4.78 is 35.9. The van der Waals surface area contributed by atoms with Gasteiger partial charge in [0.25, 0.3) is 0 Å². The van der Waals surface area contributed by atoms with Gasteiger partial charge >= 0.3 is 6.18 Å². The normalized spacial score (nSPS) is 19.7. The monoisotopic (exact) mass is 297 g/mol. The maximum atomic E-state index is 12.0. The molecule has 0 saturated heterocycles. The Morgan fingerprint density at radius 1 is 1.44 bits per heavy atom. The molecule has 0 saturated carbocycles. The highest BCUT2D eigenvalue weighted by Gasteiger charge is 2.29. The number of fused-ring (bicyclic) bond motifs is 1. The molecule has 2 rings (SSSR count). The summed E-state index contributed by atoms with van der Waals surface area (Å²) in [6.07, 6.45) is -3.62. The second-order valence-corrected chi connectivity index (χ2v) is 5.47. The van der Waals surface area contributed by atoms with Gasteiger partial charge in [-0.1, -0.05) is 11.6 Å². The number of hydrogen-bond donors (Lipinski definition) is 1. The molecule has 1 N–H and O–H groups in total. The minimum atomic E-state index is -4.33. The van der Waals surface area contributed by atoms with Gasteiger partial charge < -0.3 is 0 Å². The highest BCUT2D eigenvalue weighted by molar-refractivity contribution is 7.99. The molecule has 100 valence electrons. The molecule has 1 atom stereocenters. The van der Waals surface area contributed by atoms with Crippen molar-refractivity contribution < 1.29 is 18.0 Å². The number of alkyl halides is 3. The lowest BCUT2D eigenvalue weighted by Gasteiger charge is -2.25. The molecule has 18 heavy (non-hydrogen) atoms. The maximum Gasteiger partial charge on any atom is 0.413 e. The van der Waals surface area contributed by atoms with Crippen molar-refractivity contribution in [2.75, 3.05) is 12.4 Å². The highest BCUT2D eigenvalue weighted by Crippen LogP contribution is 2.37. The minimum Gasteiger partial charge on any atom is -0.292 e. The Bertz CT molecular complexity index is 427. The lowest BCUT2D eigenvalue weighted by molar-refractivity contribution is -0.193. The van der Waals surface area contributed by atoms with Gasteiger partial charge in [0.1, 0.15) is 0 Å². The van der Waals surface area contributed by atoms with Gasteiger partial charge in [-0.3, -0.25) is 4.84 Å². The van der Waals surface area contributed by atoms with Crippen molar-refractivity contribution in [3.05, 3.63) is 28.8 Å². The average molecular weight is 298 g/mol. The van der Waals surface area contributed by atoms with Crippen LogP contribution in [0.3, 0.4) is 0 Å². The van der Waals surface area contributed by atoms with Crippen molar-refractivity contribution in [3.63, 3.8) is 0 Å². The Balaban J connectivity index is 2.01. The van der Waals surface area contributed by atoms with E-state index in [-0.39, 0.29) is 6.04 Å². The topological polar surface area (TPSA) is 21.3 Å². The summed E-state index contributed by atoms with van der Waals surface area (Å²) in [4.78, 5) is 5.53. The molecule has 1 aromatic rings. The maximum absolute atomic E-state index is 12.0. The molecular weight excluding hydrogens is 287 g/mol. The van der Waals surface area contributed by atoms with E-state index in [0.717, 1.165) is 16.2 Å². The Morgan fingerprint density at radius 3 is 2.94 bits per heavy atom. The van der Waals surface area contributed by atoms with Gasteiger partial charge in [0.2, 0.25) is 0 Å². The van der Waals surface area contributed by atoms with Crippen LogP contribution in [0, 0.1) is 0 Å². The van der Waals surface area contributed by atoms with Crippen molar-refractivity contribution in [2.45, 2.75) is 23.5 Å². The first kappa shape index (κ1) is 14.0. The quantitative estimate of drug-likeness (QED) is 0.853. The Morgan fingerprint density at radius 2 is 2.22 bits per heavy atom. The van der Waals surface area contributed by atoms with E-state index in [2.05, 4.69) is 10.3 Å². The molecule has 0 aliphatic carbocycles. The van der Waals surface area contributed by atoms with E-state index < -0.39 is 12.8 Å². The second kappa shape index (κ2) is 5.69. The van der Waals surface area contributed by atoms with E-state index in [4.69, 9.17) is 11.6 Å². The molecule has 1 aromatic carbocycles. The Labute approximate surface area is 112 Å². The van der Waals surface area contributed by atoms with Crippen LogP contribution in [0.4, 0.5) is 13.2 Å². The summed E-state index contributed by atoms with van der Waals surface area (Å²) in [5.41, 5.74) is 3.36. The third kappa shape index (κ3) is 3.78. The van der Waals surface area contributed by atoms with Gasteiger partial charge in [-0.05, 0) is 35.9 Å². The fourth-order valence-corrected chi connectivity index (χ4v) is 3.00. The molecule has 0 amide bonds. The lowest BCUT2D eigenvalue weighted by atomic mass is 10.0. The van der Waals surface area contributed by atoms with E-state index in [9.17, 15) is 13.2 Å². The van der Waals surface area contributed by atoms with Crippen LogP contribution in [0.25, 0.3) is 0 Å². The van der Waals surface area contributed by atoms with Crippen LogP contribution < -0.4 is 5.48 Å². The molecule has 0 bridgehead atoms. The van der Waals surface area contributed by atoms with Gasteiger partial charge in [-0.15, -0.1) is 11.8 Å². The highest BCUT2D eigenvalue weighted by atomic mass is 35.5. The lowest BCUT2D eigenvalue weighted by Crippen LogP contribution is -2.29. The van der Waals surface area contributed by atoms with E-state index >= 15 is 0 Å². The number of hydroxylamine groups is 1. The zero-order chi connectivity index (χ0) is 13.2. The van der Waals surface area contributed by atoms with Gasteiger partial charge in [0.05, 0.1) is 6.04 Å². The zero-order valence-electron chi connectivity index (χ0n) is 9.26. The fraction of sp³-hybridized carbons (Fsp3) is 0.455. The third-order valence-corrected chi connectivity index (χ3v) is 3.83. The van der Waals surface area contributed by atoms with Crippen LogP contribution in [-0.2, 0) is 4.84 Å². The first-order chi connectivity index (χ1) is 8.46. The van der Waals surface area contributed by atoms with E-state index in [1.54, 1.807) is 23.9 Å². The van der Waals surface area contributed by atoms with Crippen LogP contribution in [0.1, 0.15) is 18.0 Å². The van der Waals surface area contributed by atoms with Gasteiger partial charge in [0, 0.05) is 9.92 Å². The molecule has 2 nitrogen and oxygen atoms in total. The average Bonchev–Trinajstić information content (AvgIpc) is 2.28. The molecule has 0 radical (unpaired) electrons. The summed E-state index contributed by atoms with van der Waals surface area (Å²) in [7, 11) is 0. The van der Waals surface area contributed by atoms with Gasteiger partial charge in [0.15, 0.2) is 6.61 Å². The number of rotatable bonds is 3. The number of nitrogens with one attached hydrogen (secondary N) is 1. The van der Waals surface area contributed by atoms with Crippen molar-refractivity contribution in [1.29, 1.82) is 0 Å². The van der Waals surface area contributed by atoms with Crippen molar-refractivity contribution in [2.24, 2.45) is 0 Å². The smallest absolute Gasteiger partial charge is 0.292 e. The molecule has 1 unspecified atom stereocenters. The molecule has 1 heterocycles. The fourth-order valence-electron chi connectivity index (χ4n) is 1.71. The standard InChI is InChI=1S/C11H11ClF3NOS/c12-7-1-2-10-8(5-7)9(3-4-18-10)16-17-6-11(13,14)15/h1-2,5,9,16H,3-4,6H2. The zero-order valence-corrected chi connectivity index (χ0v) is 10.8. The number of hydrogen-bond acceptors (Lipinski definition) is 3. The molecule has 0 fully saturated rings. The Kier molecular flexibility index (Phi) is 4.42. The van der Waals surface area contributed by atoms with E-state index in [0.29, 0.717) is 11.4 Å². The second-order valence-electron chi connectivity index (χ2n) is 3.89. The first-order valence-electron chi connectivity index (χ1n) is 5.32. The molecule has 1 aliphatic rings. The summed E-state index contributed by atoms with van der Waals surface area (Å²) in [6, 6.07) is 5.16. The number of thioether (sulfide) groups is 1. The molecule has 7 heteroatoms. The van der Waals surface area contributed by atoms with Crippen LogP contribution in [0.15, 0.2) is 23.1 Å². The van der Waals surface area contributed by atoms with Crippen LogP contribution >= 0.6 is 23.4 Å². The molecular formula is C11H11ClF3NOS. The van der Waals surface area contributed by atoms with Gasteiger partial charge in [-0.25, -0.2) is 0 Å². The van der Waals surface area contributed by atoms with Crippen molar-refractivity contribution in [3.8, 4) is 0 Å². The molecule has 0 spiro atoms. The van der Waals surface area contributed by atoms with Gasteiger partial charge in [-0.2, -0.15) is 18.7 Å². The van der Waals surface area contributed by atoms with Crippen LogP contribution in [-0.4, -0.2) is 18.5 Å². The van der Waals surface area contributed by atoms with Crippen LogP contribution in [0.2, 0.25) is 5.02 Å².